The van der Waals surface area contributed by atoms with Crippen LogP contribution in [-0.4, -0.2) is 41.7 Å². The van der Waals surface area contributed by atoms with E-state index in [1.54, 1.807) is 12.5 Å². The van der Waals surface area contributed by atoms with Gasteiger partial charge in [-0.1, -0.05) is 12.8 Å². The molecule has 0 bridgehead atoms. The number of halogens is 2. The minimum Gasteiger partial charge on any atom is -1.00 e. The Morgan fingerprint density at radius 3 is 2.30 bits per heavy atom. The van der Waals surface area contributed by atoms with Crippen LogP contribution in [0.2, 0.25) is 0 Å². The maximum absolute atomic E-state index is 5.77. The predicted octanol–water partition coefficient (Wildman–Crippen LogP) is -2.62. The van der Waals surface area contributed by atoms with Crippen molar-refractivity contribution < 1.29 is 29.6 Å². The quantitative estimate of drug-likeness (QED) is 0.460. The van der Waals surface area contributed by atoms with Gasteiger partial charge in [0.2, 0.25) is 0 Å². The van der Waals surface area contributed by atoms with Crippen LogP contribution in [0.15, 0.2) is 43.0 Å². The standard InChI is InChI=1S/C17H25N3O.2ClH/c1-19(2)12-5-3-4-6-14-21-17-9-7-16(8-10-17)20-13-11-18-15-20;;/h7-11,13,15H,3-6,12,14H2,1-2H3;2*1H/p-2. The molecule has 0 unspecified atom stereocenters. The molecule has 0 N–H and O–H groups in total. The molecule has 1 heterocycles. The van der Waals surface area contributed by atoms with Crippen molar-refractivity contribution in [2.45, 2.75) is 25.7 Å². The summed E-state index contributed by atoms with van der Waals surface area (Å²) >= 11 is 0. The van der Waals surface area contributed by atoms with Crippen LogP contribution < -0.4 is 29.6 Å². The van der Waals surface area contributed by atoms with E-state index in [0.29, 0.717) is 0 Å². The number of hydrogen-bond donors (Lipinski definition) is 0. The van der Waals surface area contributed by atoms with Crippen LogP contribution in [0.5, 0.6) is 5.75 Å². The van der Waals surface area contributed by atoms with Gasteiger partial charge in [-0.3, -0.25) is 0 Å². The van der Waals surface area contributed by atoms with Gasteiger partial charge < -0.3 is 39.0 Å². The average molecular weight is 358 g/mol. The minimum atomic E-state index is 0. The lowest BCUT2D eigenvalue weighted by Crippen LogP contribution is -3.00. The molecular formula is C17H25Cl2N3O-2. The van der Waals surface area contributed by atoms with E-state index in [0.717, 1.165) is 24.5 Å². The van der Waals surface area contributed by atoms with Crippen LogP contribution in [0.3, 0.4) is 0 Å². The highest BCUT2D eigenvalue weighted by Gasteiger charge is 1.98. The molecule has 0 atom stereocenters. The second kappa shape index (κ2) is 12.2. The first-order valence-corrected chi connectivity index (χ1v) is 7.61. The van der Waals surface area contributed by atoms with E-state index >= 15 is 0 Å². The number of rotatable bonds is 9. The Morgan fingerprint density at radius 1 is 1.00 bits per heavy atom. The van der Waals surface area contributed by atoms with E-state index in [4.69, 9.17) is 4.74 Å². The second-order valence-electron chi connectivity index (χ2n) is 5.53. The third-order valence-electron chi connectivity index (χ3n) is 3.41. The van der Waals surface area contributed by atoms with E-state index in [1.807, 2.05) is 35.0 Å². The normalized spacial score (nSPS) is 10.0. The van der Waals surface area contributed by atoms with Gasteiger partial charge >= 0.3 is 0 Å². The maximum Gasteiger partial charge on any atom is 0.119 e. The number of benzene rings is 1. The van der Waals surface area contributed by atoms with E-state index in [2.05, 4.69) is 24.0 Å². The highest BCUT2D eigenvalue weighted by molar-refractivity contribution is 5.37. The van der Waals surface area contributed by atoms with Crippen LogP contribution in [0, 0.1) is 0 Å². The Bertz CT molecular complexity index is 501. The molecule has 2 rings (SSSR count). The minimum absolute atomic E-state index is 0. The number of aromatic nitrogens is 2. The van der Waals surface area contributed by atoms with Crippen LogP contribution in [0.4, 0.5) is 0 Å². The molecule has 6 heteroatoms. The van der Waals surface area contributed by atoms with E-state index in [1.165, 1.54) is 25.8 Å². The van der Waals surface area contributed by atoms with Crippen molar-refractivity contribution >= 4 is 0 Å². The molecule has 0 saturated carbocycles. The summed E-state index contributed by atoms with van der Waals surface area (Å²) in [5.74, 6) is 0.937. The van der Waals surface area contributed by atoms with Crippen LogP contribution in [0.25, 0.3) is 5.69 Å². The van der Waals surface area contributed by atoms with Gasteiger partial charge in [-0.15, -0.1) is 0 Å². The van der Waals surface area contributed by atoms with Crippen molar-refractivity contribution in [3.05, 3.63) is 43.0 Å². The van der Waals surface area contributed by atoms with Gasteiger partial charge in [-0.25, -0.2) is 4.98 Å². The fraction of sp³-hybridized carbons (Fsp3) is 0.471. The smallest absolute Gasteiger partial charge is 0.119 e. The van der Waals surface area contributed by atoms with Crippen molar-refractivity contribution in [1.29, 1.82) is 0 Å². The van der Waals surface area contributed by atoms with Gasteiger partial charge in [-0.05, 0) is 57.7 Å². The zero-order valence-corrected chi connectivity index (χ0v) is 15.3. The van der Waals surface area contributed by atoms with E-state index < -0.39 is 0 Å². The first-order chi connectivity index (χ1) is 10.3. The Kier molecular flexibility index (Phi) is 11.6. The summed E-state index contributed by atoms with van der Waals surface area (Å²) in [5.41, 5.74) is 1.10. The number of nitrogens with zero attached hydrogens (tertiary/aromatic N) is 3. The Hall–Kier alpha value is -1.23. The molecule has 0 aliphatic carbocycles. The molecule has 0 fully saturated rings. The lowest BCUT2D eigenvalue weighted by atomic mass is 10.2. The fourth-order valence-electron chi connectivity index (χ4n) is 2.20. The Morgan fingerprint density at radius 2 is 1.70 bits per heavy atom. The van der Waals surface area contributed by atoms with E-state index in [9.17, 15) is 0 Å². The first-order valence-electron chi connectivity index (χ1n) is 7.61. The number of hydrogen-bond acceptors (Lipinski definition) is 3. The van der Waals surface area contributed by atoms with Crippen molar-refractivity contribution in [3.8, 4) is 11.4 Å². The molecule has 130 valence electrons. The van der Waals surface area contributed by atoms with Gasteiger partial charge in [0, 0.05) is 18.1 Å². The van der Waals surface area contributed by atoms with Gasteiger partial charge in [0.15, 0.2) is 0 Å². The second-order valence-corrected chi connectivity index (χ2v) is 5.53. The maximum atomic E-state index is 5.77. The van der Waals surface area contributed by atoms with Crippen LogP contribution in [-0.2, 0) is 0 Å². The highest BCUT2D eigenvalue weighted by Crippen LogP contribution is 2.15. The number of unbranched alkanes of at least 4 members (excludes halogenated alkanes) is 3. The summed E-state index contributed by atoms with van der Waals surface area (Å²) in [6.45, 7) is 1.98. The monoisotopic (exact) mass is 357 g/mol. The zero-order valence-electron chi connectivity index (χ0n) is 13.8. The topological polar surface area (TPSA) is 30.3 Å². The molecule has 0 radical (unpaired) electrons. The summed E-state index contributed by atoms with van der Waals surface area (Å²) in [7, 11) is 4.24. The summed E-state index contributed by atoms with van der Waals surface area (Å²) < 4.78 is 7.75. The average Bonchev–Trinajstić information content (AvgIpc) is 3.01. The van der Waals surface area contributed by atoms with Crippen molar-refractivity contribution in [1.82, 2.24) is 14.5 Å². The number of ether oxygens (including phenoxy) is 1. The molecule has 0 amide bonds. The largest absolute Gasteiger partial charge is 1.00 e. The fourth-order valence-corrected chi connectivity index (χ4v) is 2.20. The molecule has 2 aromatic rings. The van der Waals surface area contributed by atoms with Crippen molar-refractivity contribution in [2.24, 2.45) is 0 Å². The lowest BCUT2D eigenvalue weighted by molar-refractivity contribution is -0.001000. The molecule has 1 aromatic carbocycles. The van der Waals surface area contributed by atoms with Gasteiger partial charge in [0.05, 0.1) is 12.9 Å². The van der Waals surface area contributed by atoms with Crippen molar-refractivity contribution in [3.63, 3.8) is 0 Å². The molecule has 0 saturated heterocycles. The highest BCUT2D eigenvalue weighted by atomic mass is 35.5. The summed E-state index contributed by atoms with van der Waals surface area (Å²) in [4.78, 5) is 6.28. The molecule has 0 spiro atoms. The number of imidazole rings is 1. The Labute approximate surface area is 151 Å². The lowest BCUT2D eigenvalue weighted by Gasteiger charge is -2.09. The zero-order chi connectivity index (χ0) is 14.9. The van der Waals surface area contributed by atoms with Gasteiger partial charge in [0.25, 0.3) is 0 Å². The third-order valence-corrected chi connectivity index (χ3v) is 3.41. The van der Waals surface area contributed by atoms with Crippen LogP contribution in [0.1, 0.15) is 25.7 Å². The molecule has 0 aliphatic heterocycles. The third kappa shape index (κ3) is 8.26. The molecular weight excluding hydrogens is 333 g/mol. The molecule has 0 aliphatic rings. The molecule has 4 nitrogen and oxygen atoms in total. The first kappa shape index (κ1) is 21.8. The summed E-state index contributed by atoms with van der Waals surface area (Å²) in [6, 6.07) is 8.13. The van der Waals surface area contributed by atoms with Crippen molar-refractivity contribution in [2.75, 3.05) is 27.2 Å². The van der Waals surface area contributed by atoms with Gasteiger partial charge in [0.1, 0.15) is 5.75 Å². The molecule has 1 aromatic heterocycles. The van der Waals surface area contributed by atoms with Gasteiger partial charge in [-0.2, -0.15) is 0 Å². The Balaban J connectivity index is 0.00000242. The summed E-state index contributed by atoms with van der Waals surface area (Å²) in [5, 5.41) is 0. The predicted molar refractivity (Wildman–Crippen MR) is 86.1 cm³/mol. The van der Waals surface area contributed by atoms with Crippen LogP contribution >= 0.6 is 0 Å². The SMILES string of the molecule is CN(C)CCCCCCOc1ccc(-n2ccnc2)cc1.[Cl-].[Cl-]. The molecule has 23 heavy (non-hydrogen) atoms. The summed E-state index contributed by atoms with van der Waals surface area (Å²) in [6.07, 6.45) is 10.4. The van der Waals surface area contributed by atoms with E-state index in [-0.39, 0.29) is 24.8 Å².